The molecule has 0 atom stereocenters. The van der Waals surface area contributed by atoms with Crippen molar-refractivity contribution in [1.29, 1.82) is 0 Å². The molecule has 5 rings (SSSR count). The lowest BCUT2D eigenvalue weighted by molar-refractivity contribution is 0.104. The van der Waals surface area contributed by atoms with Gasteiger partial charge in [0.1, 0.15) is 11.1 Å². The minimum absolute atomic E-state index is 0.0150. The standard InChI is InChI=1S/C30H34N2O3/c1-29(2)13-15-32-16-14-30(3,4)25-26(32)23(29)18-20-17-22(28(34)35-27(20)25)24(33)12-9-19-7-10-21(11-8-19)31(5)6/h7-12,17-18H,13-16H2,1-6H3. The molecule has 0 radical (unpaired) electrons. The molecule has 1 aromatic heterocycles. The molecular formula is C30H34N2O3. The summed E-state index contributed by atoms with van der Waals surface area (Å²) in [4.78, 5) is 30.6. The lowest BCUT2D eigenvalue weighted by Crippen LogP contribution is -2.44. The summed E-state index contributed by atoms with van der Waals surface area (Å²) in [7, 11) is 3.97. The maximum atomic E-state index is 13.1. The summed E-state index contributed by atoms with van der Waals surface area (Å²) in [5.41, 5.74) is 5.62. The van der Waals surface area contributed by atoms with Gasteiger partial charge in [0.2, 0.25) is 0 Å². The third kappa shape index (κ3) is 3.97. The first-order chi connectivity index (χ1) is 16.5. The number of anilines is 2. The van der Waals surface area contributed by atoms with Gasteiger partial charge in [-0.25, -0.2) is 4.79 Å². The van der Waals surface area contributed by atoms with Gasteiger partial charge in [-0.05, 0) is 65.1 Å². The zero-order valence-electron chi connectivity index (χ0n) is 21.6. The van der Waals surface area contributed by atoms with Crippen molar-refractivity contribution >= 4 is 34.2 Å². The van der Waals surface area contributed by atoms with Crippen LogP contribution in [0.2, 0.25) is 0 Å². The molecule has 5 heteroatoms. The van der Waals surface area contributed by atoms with E-state index in [0.29, 0.717) is 5.58 Å². The van der Waals surface area contributed by atoms with Crippen LogP contribution in [0.25, 0.3) is 17.0 Å². The van der Waals surface area contributed by atoms with Crippen LogP contribution in [0.1, 0.15) is 67.6 Å². The number of hydrogen-bond acceptors (Lipinski definition) is 5. The SMILES string of the molecule is CN(C)c1ccc(C=CC(=O)c2cc3cc4c5c(c3oc2=O)C(C)(C)CCN5CCC4(C)C)cc1. The molecule has 0 unspecified atom stereocenters. The number of carbonyl (C=O) groups is 1. The van der Waals surface area contributed by atoms with Gasteiger partial charge in [-0.1, -0.05) is 45.9 Å². The maximum absolute atomic E-state index is 13.1. The van der Waals surface area contributed by atoms with Crippen molar-refractivity contribution in [2.75, 3.05) is 37.0 Å². The van der Waals surface area contributed by atoms with E-state index in [0.717, 1.165) is 48.1 Å². The molecule has 0 bridgehead atoms. The van der Waals surface area contributed by atoms with Crippen molar-refractivity contribution in [3.8, 4) is 0 Å². The average molecular weight is 471 g/mol. The van der Waals surface area contributed by atoms with Crippen LogP contribution in [0.15, 0.2) is 51.7 Å². The minimum atomic E-state index is -0.575. The van der Waals surface area contributed by atoms with E-state index >= 15 is 0 Å². The zero-order valence-corrected chi connectivity index (χ0v) is 21.6. The summed E-state index contributed by atoms with van der Waals surface area (Å²) in [6.45, 7) is 11.0. The van der Waals surface area contributed by atoms with E-state index < -0.39 is 5.63 Å². The molecule has 0 aliphatic carbocycles. The smallest absolute Gasteiger partial charge is 0.347 e. The highest BCUT2D eigenvalue weighted by atomic mass is 16.4. The molecule has 0 spiro atoms. The third-order valence-corrected chi connectivity index (χ3v) is 7.83. The van der Waals surface area contributed by atoms with Crippen molar-refractivity contribution in [2.45, 2.75) is 51.4 Å². The minimum Gasteiger partial charge on any atom is -0.422 e. The summed E-state index contributed by atoms with van der Waals surface area (Å²) < 4.78 is 5.94. The predicted molar refractivity (Wildman–Crippen MR) is 144 cm³/mol. The number of carbonyl (C=O) groups excluding carboxylic acids is 1. The zero-order chi connectivity index (χ0) is 25.1. The summed E-state index contributed by atoms with van der Waals surface area (Å²) in [5, 5.41) is 0.829. The Labute approximate surface area is 207 Å². The molecule has 0 amide bonds. The fourth-order valence-electron chi connectivity index (χ4n) is 5.47. The first-order valence-electron chi connectivity index (χ1n) is 12.4. The molecular weight excluding hydrogens is 436 g/mol. The molecule has 2 aliphatic heterocycles. The van der Waals surface area contributed by atoms with Crippen LogP contribution in [0.5, 0.6) is 0 Å². The van der Waals surface area contributed by atoms with Crippen molar-refractivity contribution in [2.24, 2.45) is 0 Å². The topological polar surface area (TPSA) is 53.8 Å². The summed E-state index contributed by atoms with van der Waals surface area (Å²) in [5.74, 6) is -0.344. The van der Waals surface area contributed by atoms with Crippen LogP contribution >= 0.6 is 0 Å². The van der Waals surface area contributed by atoms with E-state index in [4.69, 9.17) is 4.42 Å². The molecule has 3 aromatic rings. The molecule has 0 N–H and O–H groups in total. The van der Waals surface area contributed by atoms with Gasteiger partial charge >= 0.3 is 5.63 Å². The Morgan fingerprint density at radius 3 is 2.31 bits per heavy atom. The molecule has 0 saturated heterocycles. The fraction of sp³-hybridized carbons (Fsp3) is 0.400. The number of benzene rings is 2. The number of allylic oxidation sites excluding steroid dienone is 1. The van der Waals surface area contributed by atoms with Crippen LogP contribution in [0, 0.1) is 0 Å². The van der Waals surface area contributed by atoms with Crippen molar-refractivity contribution in [3.05, 3.63) is 75.1 Å². The second kappa shape index (κ2) is 8.11. The lowest BCUT2D eigenvalue weighted by atomic mass is 9.69. The normalized spacial score (nSPS) is 18.1. The molecule has 5 nitrogen and oxygen atoms in total. The summed E-state index contributed by atoms with van der Waals surface area (Å²) in [6, 6.07) is 11.8. The van der Waals surface area contributed by atoms with Gasteiger partial charge in [0, 0.05) is 49.5 Å². The quantitative estimate of drug-likeness (QED) is 0.269. The van der Waals surface area contributed by atoms with Gasteiger partial charge in [0.15, 0.2) is 5.78 Å². The van der Waals surface area contributed by atoms with Gasteiger partial charge in [0.05, 0.1) is 0 Å². The van der Waals surface area contributed by atoms with Gasteiger partial charge in [-0.3, -0.25) is 4.79 Å². The Morgan fingerprint density at radius 2 is 1.66 bits per heavy atom. The Morgan fingerprint density at radius 1 is 1.00 bits per heavy atom. The lowest BCUT2D eigenvalue weighted by Gasteiger charge is -2.48. The maximum Gasteiger partial charge on any atom is 0.347 e. The van der Waals surface area contributed by atoms with Gasteiger partial charge < -0.3 is 14.2 Å². The Balaban J connectivity index is 1.60. The van der Waals surface area contributed by atoms with Gasteiger partial charge in [-0.15, -0.1) is 0 Å². The molecule has 2 aliphatic rings. The average Bonchev–Trinajstić information content (AvgIpc) is 2.80. The van der Waals surface area contributed by atoms with Crippen molar-refractivity contribution < 1.29 is 9.21 Å². The molecule has 0 saturated carbocycles. The van der Waals surface area contributed by atoms with Crippen LogP contribution in [0.4, 0.5) is 11.4 Å². The van der Waals surface area contributed by atoms with Crippen LogP contribution in [-0.2, 0) is 10.8 Å². The van der Waals surface area contributed by atoms with Crippen LogP contribution in [-0.4, -0.2) is 33.0 Å². The number of fused-ring (bicyclic) bond motifs is 2. The monoisotopic (exact) mass is 470 g/mol. The Hall–Kier alpha value is -3.34. The predicted octanol–water partition coefficient (Wildman–Crippen LogP) is 5.92. The van der Waals surface area contributed by atoms with E-state index in [2.05, 4.69) is 38.7 Å². The second-order valence-corrected chi connectivity index (χ2v) is 11.5. The highest BCUT2D eigenvalue weighted by Gasteiger charge is 2.42. The van der Waals surface area contributed by atoms with E-state index in [1.807, 2.05) is 43.3 Å². The van der Waals surface area contributed by atoms with E-state index in [9.17, 15) is 9.59 Å². The third-order valence-electron chi connectivity index (χ3n) is 7.83. The Bertz CT molecular complexity index is 1410. The van der Waals surface area contributed by atoms with E-state index in [1.54, 1.807) is 12.1 Å². The van der Waals surface area contributed by atoms with E-state index in [-0.39, 0.29) is 22.2 Å². The first-order valence-corrected chi connectivity index (χ1v) is 12.4. The van der Waals surface area contributed by atoms with E-state index in [1.165, 1.54) is 17.3 Å². The molecule has 35 heavy (non-hydrogen) atoms. The Kier molecular flexibility index (Phi) is 5.42. The first kappa shape index (κ1) is 23.4. The van der Waals surface area contributed by atoms with Crippen molar-refractivity contribution in [3.63, 3.8) is 0 Å². The number of nitrogens with zero attached hydrogens (tertiary/aromatic N) is 2. The largest absolute Gasteiger partial charge is 0.422 e. The molecule has 0 fully saturated rings. The molecule has 3 heterocycles. The summed E-state index contributed by atoms with van der Waals surface area (Å²) >= 11 is 0. The van der Waals surface area contributed by atoms with Crippen LogP contribution < -0.4 is 15.4 Å². The molecule has 2 aromatic carbocycles. The number of rotatable bonds is 4. The summed E-state index contributed by atoms with van der Waals surface area (Å²) in [6.07, 6.45) is 5.27. The molecule has 182 valence electrons. The highest BCUT2D eigenvalue weighted by molar-refractivity contribution is 6.08. The van der Waals surface area contributed by atoms with Gasteiger partial charge in [-0.2, -0.15) is 0 Å². The van der Waals surface area contributed by atoms with Crippen LogP contribution in [0.3, 0.4) is 0 Å². The number of ketones is 1. The fourth-order valence-corrected chi connectivity index (χ4v) is 5.47. The highest BCUT2D eigenvalue weighted by Crippen LogP contribution is 2.51. The second-order valence-electron chi connectivity index (χ2n) is 11.5. The van der Waals surface area contributed by atoms with Crippen molar-refractivity contribution in [1.82, 2.24) is 0 Å². The number of hydrogen-bond donors (Lipinski definition) is 0. The van der Waals surface area contributed by atoms with Gasteiger partial charge in [0.25, 0.3) is 0 Å².